The molecule has 0 saturated carbocycles. The second-order valence-electron chi connectivity index (χ2n) is 9.34. The van der Waals surface area contributed by atoms with Gasteiger partial charge >= 0.3 is 0 Å². The van der Waals surface area contributed by atoms with Gasteiger partial charge in [0.1, 0.15) is 0 Å². The Morgan fingerprint density at radius 2 is 0.710 bits per heavy atom. The second-order valence-corrected chi connectivity index (χ2v) is 10.5. The lowest BCUT2D eigenvalue weighted by molar-refractivity contribution is 0.518. The van der Waals surface area contributed by atoms with Crippen LogP contribution in [-0.2, 0) is 0 Å². The number of nitrogens with two attached hydrogens (primary N) is 1. The van der Waals surface area contributed by atoms with Crippen LogP contribution in [0.15, 0.2) is 0 Å². The van der Waals surface area contributed by atoms with Crippen LogP contribution in [0.4, 0.5) is 0 Å². The molecule has 4 heteroatoms. The van der Waals surface area contributed by atoms with Crippen molar-refractivity contribution in [2.24, 2.45) is 5.73 Å². The summed E-state index contributed by atoms with van der Waals surface area (Å²) in [5.41, 5.74) is 5.34. The smallest absolute Gasteiger partial charge is 0.151 e. The van der Waals surface area contributed by atoms with Crippen molar-refractivity contribution in [2.75, 3.05) is 5.75 Å². The molecule has 0 aliphatic heterocycles. The monoisotopic (exact) mass is 520 g/mol. The van der Waals surface area contributed by atoms with Gasteiger partial charge in [-0.3, -0.25) is 5.41 Å². The summed E-state index contributed by atoms with van der Waals surface area (Å²) in [5.74, 6) is 1.02. The number of rotatable bonds is 25. The molecule has 31 heavy (non-hydrogen) atoms. The van der Waals surface area contributed by atoms with Gasteiger partial charge in [-0.2, -0.15) is 0 Å². The van der Waals surface area contributed by atoms with Gasteiger partial charge in [-0.05, 0) is 6.42 Å². The van der Waals surface area contributed by atoms with Gasteiger partial charge in [-0.1, -0.05) is 166 Å². The molecular formula is C27H57BrN2S. The lowest BCUT2D eigenvalue weighted by Crippen LogP contribution is -2.04. The summed E-state index contributed by atoms with van der Waals surface area (Å²) in [5, 5.41) is 7.44. The summed E-state index contributed by atoms with van der Waals surface area (Å²) in [6.07, 6.45) is 34.4. The van der Waals surface area contributed by atoms with Crippen LogP contribution < -0.4 is 5.73 Å². The van der Waals surface area contributed by atoms with Gasteiger partial charge in [-0.25, -0.2) is 0 Å². The molecule has 0 spiro atoms. The van der Waals surface area contributed by atoms with Gasteiger partial charge in [0.05, 0.1) is 0 Å². The minimum absolute atomic E-state index is 0. The molecule has 0 saturated heterocycles. The van der Waals surface area contributed by atoms with Gasteiger partial charge in [0.15, 0.2) is 5.17 Å². The van der Waals surface area contributed by atoms with E-state index in [9.17, 15) is 0 Å². The average Bonchev–Trinajstić information content (AvgIpc) is 2.73. The molecule has 0 radical (unpaired) electrons. The molecule has 0 aromatic carbocycles. The fraction of sp³-hybridized carbons (Fsp3) is 0.963. The Labute approximate surface area is 211 Å². The molecule has 0 heterocycles. The van der Waals surface area contributed by atoms with Gasteiger partial charge < -0.3 is 5.73 Å². The number of unbranched alkanes of at least 4 members (excludes halogenated alkanes) is 23. The minimum atomic E-state index is 0. The number of hydrogen-bond donors (Lipinski definition) is 2. The van der Waals surface area contributed by atoms with Gasteiger partial charge in [-0.15, -0.1) is 17.0 Å². The van der Waals surface area contributed by atoms with Crippen molar-refractivity contribution < 1.29 is 0 Å². The topological polar surface area (TPSA) is 49.9 Å². The Morgan fingerprint density at radius 1 is 0.484 bits per heavy atom. The number of nitrogens with one attached hydrogen (secondary N) is 1. The first-order valence-corrected chi connectivity index (χ1v) is 14.7. The van der Waals surface area contributed by atoms with Gasteiger partial charge in [0.2, 0.25) is 0 Å². The summed E-state index contributed by atoms with van der Waals surface area (Å²) in [6.45, 7) is 2.30. The fourth-order valence-electron chi connectivity index (χ4n) is 4.25. The normalized spacial score (nSPS) is 10.9. The quantitative estimate of drug-likeness (QED) is 0.0713. The van der Waals surface area contributed by atoms with Crippen LogP contribution in [0.5, 0.6) is 0 Å². The van der Waals surface area contributed by atoms with E-state index in [4.69, 9.17) is 11.1 Å². The van der Waals surface area contributed by atoms with Crippen molar-refractivity contribution in [3.8, 4) is 0 Å². The lowest BCUT2D eigenvalue weighted by atomic mass is 10.0. The summed E-state index contributed by atoms with van der Waals surface area (Å²) in [6, 6.07) is 0. The van der Waals surface area contributed by atoms with Crippen LogP contribution in [0.1, 0.15) is 161 Å². The third kappa shape index (κ3) is 32.6. The van der Waals surface area contributed by atoms with Crippen LogP contribution in [0.3, 0.4) is 0 Å². The van der Waals surface area contributed by atoms with Crippen molar-refractivity contribution in [2.45, 2.75) is 161 Å². The van der Waals surface area contributed by atoms with Crippen LogP contribution in [0.2, 0.25) is 0 Å². The molecule has 3 N–H and O–H groups in total. The number of halogens is 1. The lowest BCUT2D eigenvalue weighted by Gasteiger charge is -2.04. The predicted octanol–water partition coefficient (Wildman–Crippen LogP) is 10.6. The first-order valence-electron chi connectivity index (χ1n) is 13.7. The van der Waals surface area contributed by atoms with Gasteiger partial charge in [0, 0.05) is 5.75 Å². The minimum Gasteiger partial charge on any atom is -0.379 e. The van der Waals surface area contributed by atoms with E-state index in [2.05, 4.69) is 6.92 Å². The van der Waals surface area contributed by atoms with E-state index in [0.29, 0.717) is 0 Å². The number of thioether (sulfide) groups is 1. The van der Waals surface area contributed by atoms with E-state index in [-0.39, 0.29) is 22.1 Å². The van der Waals surface area contributed by atoms with Gasteiger partial charge in [0.25, 0.3) is 0 Å². The summed E-state index contributed by atoms with van der Waals surface area (Å²) in [7, 11) is 0. The molecule has 0 unspecified atom stereocenters. The number of amidine groups is 1. The van der Waals surface area contributed by atoms with E-state index < -0.39 is 0 Å². The Hall–Kier alpha value is 0.300. The first-order chi connectivity index (χ1) is 14.8. The SMILES string of the molecule is Br.CCCCCCCCCCCCCCCCCCCCCCCCCCSC(=N)N. The van der Waals surface area contributed by atoms with E-state index in [0.717, 1.165) is 5.75 Å². The molecule has 0 aromatic heterocycles. The molecule has 0 atom stereocenters. The highest BCUT2D eigenvalue weighted by Crippen LogP contribution is 2.15. The highest BCUT2D eigenvalue weighted by molar-refractivity contribution is 8.93. The second kappa shape index (κ2) is 30.3. The maximum absolute atomic E-state index is 7.17. The van der Waals surface area contributed by atoms with E-state index in [1.165, 1.54) is 166 Å². The van der Waals surface area contributed by atoms with Crippen LogP contribution >= 0.6 is 28.7 Å². The highest BCUT2D eigenvalue weighted by Gasteiger charge is 1.96. The van der Waals surface area contributed by atoms with Crippen LogP contribution in [0, 0.1) is 5.41 Å². The van der Waals surface area contributed by atoms with E-state index in [1.54, 1.807) is 0 Å². The predicted molar refractivity (Wildman–Crippen MR) is 151 cm³/mol. The van der Waals surface area contributed by atoms with Crippen LogP contribution in [0.25, 0.3) is 0 Å². The molecule has 0 aliphatic rings. The average molecular weight is 522 g/mol. The van der Waals surface area contributed by atoms with Crippen molar-refractivity contribution >= 4 is 33.9 Å². The van der Waals surface area contributed by atoms with Crippen molar-refractivity contribution in [3.05, 3.63) is 0 Å². The zero-order chi connectivity index (χ0) is 22.0. The first kappa shape index (κ1) is 33.5. The molecule has 0 bridgehead atoms. The summed E-state index contributed by atoms with van der Waals surface area (Å²) >= 11 is 1.48. The Kier molecular flexibility index (Phi) is 32.7. The summed E-state index contributed by atoms with van der Waals surface area (Å²) < 4.78 is 0. The molecule has 0 fully saturated rings. The van der Waals surface area contributed by atoms with Crippen molar-refractivity contribution in [3.63, 3.8) is 0 Å². The zero-order valence-electron chi connectivity index (χ0n) is 21.1. The number of hydrogen-bond acceptors (Lipinski definition) is 2. The molecular weight excluding hydrogens is 464 g/mol. The molecule has 2 nitrogen and oxygen atoms in total. The van der Waals surface area contributed by atoms with E-state index >= 15 is 0 Å². The van der Waals surface area contributed by atoms with Crippen LogP contribution in [-0.4, -0.2) is 10.9 Å². The maximum atomic E-state index is 7.17. The Balaban J connectivity index is 0. The molecule has 0 amide bonds. The van der Waals surface area contributed by atoms with E-state index in [1.807, 2.05) is 0 Å². The maximum Gasteiger partial charge on any atom is 0.151 e. The standard InChI is InChI=1S/C27H56N2S.BrH/c1-2-3-4-5-6-7-8-9-10-11-12-13-14-15-16-17-18-19-20-21-22-23-24-25-26-30-27(28)29;/h2-26H2,1H3,(H3,28,29);1H. The third-order valence-electron chi connectivity index (χ3n) is 6.26. The van der Waals surface area contributed by atoms with Crippen molar-refractivity contribution in [1.29, 1.82) is 5.41 Å². The summed E-state index contributed by atoms with van der Waals surface area (Å²) in [4.78, 5) is 0. The Morgan fingerprint density at radius 3 is 0.935 bits per heavy atom. The zero-order valence-corrected chi connectivity index (χ0v) is 23.6. The van der Waals surface area contributed by atoms with Crippen molar-refractivity contribution in [1.82, 2.24) is 0 Å². The Bertz CT molecular complexity index is 339. The molecule has 0 rings (SSSR count). The molecule has 188 valence electrons. The highest BCUT2D eigenvalue weighted by atomic mass is 79.9. The molecule has 0 aromatic rings. The largest absolute Gasteiger partial charge is 0.379 e. The third-order valence-corrected chi connectivity index (χ3v) is 7.06. The fourth-order valence-corrected chi connectivity index (χ4v) is 4.81. The molecule has 0 aliphatic carbocycles.